The van der Waals surface area contributed by atoms with Gasteiger partial charge in [0.05, 0.1) is 26.4 Å². The highest BCUT2D eigenvalue weighted by atomic mass is 31.2. The zero-order valence-corrected chi connectivity index (χ0v) is 20.5. The first-order valence-electron chi connectivity index (χ1n) is 10.5. The van der Waals surface area contributed by atoms with Crippen molar-refractivity contribution in [2.45, 2.75) is 6.61 Å². The topological polar surface area (TPSA) is 83.5 Å². The quantitative estimate of drug-likeness (QED) is 0.201. The molecule has 9 heteroatoms. The molecule has 3 aromatic rings. The number of esters is 1. The van der Waals surface area contributed by atoms with Gasteiger partial charge in [0.15, 0.2) is 0 Å². The van der Waals surface area contributed by atoms with Gasteiger partial charge in [0.2, 0.25) is 0 Å². The largest absolute Gasteiger partial charge is 0.496 e. The van der Waals surface area contributed by atoms with Crippen LogP contribution in [-0.4, -0.2) is 45.6 Å². The van der Waals surface area contributed by atoms with Crippen molar-refractivity contribution in [3.8, 4) is 17.2 Å². The van der Waals surface area contributed by atoms with Crippen molar-refractivity contribution in [2.24, 2.45) is 0 Å². The Kier molecular flexibility index (Phi) is 8.34. The summed E-state index contributed by atoms with van der Waals surface area (Å²) in [6.45, 7) is 3.58. The Morgan fingerprint density at radius 1 is 1.03 bits per heavy atom. The van der Waals surface area contributed by atoms with E-state index in [9.17, 15) is 9.36 Å². The van der Waals surface area contributed by atoms with Crippen LogP contribution in [-0.2, 0) is 20.4 Å². The Bertz CT molecular complexity index is 1210. The summed E-state index contributed by atoms with van der Waals surface area (Å²) < 4.78 is 42.7. The van der Waals surface area contributed by atoms with E-state index in [4.69, 9.17) is 23.3 Å². The van der Waals surface area contributed by atoms with Gasteiger partial charge in [-0.15, -0.1) is 0 Å². The Morgan fingerprint density at radius 3 is 2.29 bits per heavy atom. The van der Waals surface area contributed by atoms with Crippen LogP contribution >= 0.6 is 7.75 Å². The molecule has 0 saturated carbocycles. The van der Waals surface area contributed by atoms with Crippen LogP contribution in [0.2, 0.25) is 0 Å². The highest BCUT2D eigenvalue weighted by molar-refractivity contribution is 7.51. The fourth-order valence-electron chi connectivity index (χ4n) is 3.27. The van der Waals surface area contributed by atoms with Gasteiger partial charge in [0.25, 0.3) is 0 Å². The van der Waals surface area contributed by atoms with Gasteiger partial charge in [-0.25, -0.2) is 14.0 Å². The highest BCUT2D eigenvalue weighted by Crippen LogP contribution is 2.51. The standard InChI is InChI=1S/C25H28NO7P/c1-6-15-31-25(27)18-11-13-20(14-12-18)33-34(28,26(2)3)32-17-19-16-23(29-4)21-9-7-8-10-22(21)24(19)30-5/h6-14,16H,1,15,17H2,2-5H3. The first-order chi connectivity index (χ1) is 16.3. The molecule has 0 radical (unpaired) electrons. The van der Waals surface area contributed by atoms with Gasteiger partial charge in [-0.1, -0.05) is 36.9 Å². The lowest BCUT2D eigenvalue weighted by Crippen LogP contribution is -2.15. The van der Waals surface area contributed by atoms with Crippen LogP contribution in [0.3, 0.4) is 0 Å². The number of hydrogen-bond acceptors (Lipinski definition) is 7. The minimum absolute atomic E-state index is 0.0498. The molecule has 34 heavy (non-hydrogen) atoms. The number of methoxy groups -OCH3 is 2. The molecule has 0 aliphatic rings. The number of benzene rings is 3. The molecule has 180 valence electrons. The van der Waals surface area contributed by atoms with Crippen molar-refractivity contribution in [3.63, 3.8) is 0 Å². The van der Waals surface area contributed by atoms with Crippen LogP contribution in [0.25, 0.3) is 10.8 Å². The molecule has 8 nitrogen and oxygen atoms in total. The third-order valence-corrected chi connectivity index (χ3v) is 6.85. The molecule has 1 unspecified atom stereocenters. The van der Waals surface area contributed by atoms with E-state index in [1.165, 1.54) is 35.0 Å². The third kappa shape index (κ3) is 5.59. The van der Waals surface area contributed by atoms with Crippen LogP contribution in [0.5, 0.6) is 17.2 Å². The Labute approximate surface area is 199 Å². The molecule has 0 aliphatic heterocycles. The summed E-state index contributed by atoms with van der Waals surface area (Å²) in [4.78, 5) is 12.0. The van der Waals surface area contributed by atoms with Crippen LogP contribution in [0.15, 0.2) is 67.3 Å². The average molecular weight is 485 g/mol. The molecular weight excluding hydrogens is 457 g/mol. The Balaban J connectivity index is 1.83. The summed E-state index contributed by atoms with van der Waals surface area (Å²) in [5, 5.41) is 1.74. The lowest BCUT2D eigenvalue weighted by molar-refractivity contribution is 0.0549. The number of nitrogens with zero attached hydrogens (tertiary/aromatic N) is 1. The molecule has 0 saturated heterocycles. The first-order valence-corrected chi connectivity index (χ1v) is 11.9. The third-order valence-electron chi connectivity index (χ3n) is 4.97. The minimum atomic E-state index is -3.74. The molecule has 0 spiro atoms. The molecule has 0 aromatic heterocycles. The van der Waals surface area contributed by atoms with E-state index in [0.29, 0.717) is 22.6 Å². The number of hydrogen-bond donors (Lipinski definition) is 0. The van der Waals surface area contributed by atoms with E-state index in [0.717, 1.165) is 10.8 Å². The number of carbonyl (C=O) groups is 1. The molecule has 3 aromatic carbocycles. The van der Waals surface area contributed by atoms with Crippen LogP contribution < -0.4 is 14.0 Å². The molecule has 0 N–H and O–H groups in total. The van der Waals surface area contributed by atoms with Gasteiger partial charge in [-0.05, 0) is 44.4 Å². The second kappa shape index (κ2) is 11.2. The molecule has 1 atom stereocenters. The van der Waals surface area contributed by atoms with Gasteiger partial charge in [-0.2, -0.15) is 0 Å². The maximum absolute atomic E-state index is 13.5. The zero-order chi connectivity index (χ0) is 24.7. The summed E-state index contributed by atoms with van der Waals surface area (Å²) >= 11 is 0. The fourth-order valence-corrected chi connectivity index (χ4v) is 4.40. The lowest BCUT2D eigenvalue weighted by Gasteiger charge is -2.25. The van der Waals surface area contributed by atoms with Crippen molar-refractivity contribution in [1.29, 1.82) is 0 Å². The maximum atomic E-state index is 13.5. The summed E-state index contributed by atoms with van der Waals surface area (Å²) in [6.07, 6.45) is 1.49. The number of rotatable bonds is 11. The maximum Gasteiger partial charge on any atom is 0.461 e. The van der Waals surface area contributed by atoms with Crippen molar-refractivity contribution in [3.05, 3.63) is 78.4 Å². The molecule has 0 aliphatic carbocycles. The van der Waals surface area contributed by atoms with Gasteiger partial charge in [0, 0.05) is 16.3 Å². The second-order valence-electron chi connectivity index (χ2n) is 7.41. The van der Waals surface area contributed by atoms with Gasteiger partial charge >= 0.3 is 13.7 Å². The summed E-state index contributed by atoms with van der Waals surface area (Å²) in [5.74, 6) is 1.04. The first kappa shape index (κ1) is 25.3. The van der Waals surface area contributed by atoms with Crippen molar-refractivity contribution >= 4 is 24.5 Å². The number of carbonyl (C=O) groups excluding carboxylic acids is 1. The number of fused-ring (bicyclic) bond motifs is 1. The van der Waals surface area contributed by atoms with Gasteiger partial charge in [0.1, 0.15) is 23.9 Å². The second-order valence-corrected chi connectivity index (χ2v) is 9.59. The van der Waals surface area contributed by atoms with Crippen LogP contribution in [0, 0.1) is 0 Å². The van der Waals surface area contributed by atoms with Crippen LogP contribution in [0.1, 0.15) is 15.9 Å². The molecule has 3 rings (SSSR count). The fraction of sp³-hybridized carbons (Fsp3) is 0.240. The molecular formula is C25H28NO7P. The normalized spacial score (nSPS) is 12.7. The zero-order valence-electron chi connectivity index (χ0n) is 19.6. The van der Waals surface area contributed by atoms with Crippen molar-refractivity contribution in [1.82, 2.24) is 4.67 Å². The van der Waals surface area contributed by atoms with Crippen molar-refractivity contribution in [2.75, 3.05) is 34.9 Å². The summed E-state index contributed by atoms with van der Waals surface area (Å²) in [6, 6.07) is 15.6. The summed E-state index contributed by atoms with van der Waals surface area (Å²) in [7, 11) is 2.61. The van der Waals surface area contributed by atoms with Gasteiger partial charge in [-0.3, -0.25) is 4.52 Å². The summed E-state index contributed by atoms with van der Waals surface area (Å²) in [5.41, 5.74) is 0.992. The molecule has 0 bridgehead atoms. The van der Waals surface area contributed by atoms with E-state index in [1.807, 2.05) is 24.3 Å². The van der Waals surface area contributed by atoms with E-state index in [1.54, 1.807) is 34.4 Å². The minimum Gasteiger partial charge on any atom is -0.496 e. The van der Waals surface area contributed by atoms with E-state index in [-0.39, 0.29) is 19.0 Å². The predicted octanol–water partition coefficient (Wildman–Crippen LogP) is 5.47. The molecule has 0 heterocycles. The average Bonchev–Trinajstić information content (AvgIpc) is 2.85. The molecule has 0 fully saturated rings. The SMILES string of the molecule is C=CCOC(=O)c1ccc(OP(=O)(OCc2cc(OC)c3ccccc3c2OC)N(C)C)cc1. The Morgan fingerprint density at radius 2 is 1.71 bits per heavy atom. The smallest absolute Gasteiger partial charge is 0.461 e. The van der Waals surface area contributed by atoms with E-state index in [2.05, 4.69) is 6.58 Å². The molecule has 0 amide bonds. The Hall–Kier alpha value is -3.32. The van der Waals surface area contributed by atoms with Crippen LogP contribution in [0.4, 0.5) is 0 Å². The van der Waals surface area contributed by atoms with E-state index >= 15 is 0 Å². The van der Waals surface area contributed by atoms with E-state index < -0.39 is 13.7 Å². The predicted molar refractivity (Wildman–Crippen MR) is 131 cm³/mol. The van der Waals surface area contributed by atoms with Gasteiger partial charge < -0.3 is 18.7 Å². The highest BCUT2D eigenvalue weighted by Gasteiger charge is 2.31. The van der Waals surface area contributed by atoms with Crippen molar-refractivity contribution < 1.29 is 32.6 Å². The number of ether oxygens (including phenoxy) is 3. The lowest BCUT2D eigenvalue weighted by atomic mass is 10.0. The monoisotopic (exact) mass is 485 g/mol.